The van der Waals surface area contributed by atoms with Crippen LogP contribution in [0.1, 0.15) is 10.8 Å². The number of nitrogens with zero attached hydrogens (tertiary/aromatic N) is 6. The van der Waals surface area contributed by atoms with E-state index in [1.807, 2.05) is 24.3 Å². The van der Waals surface area contributed by atoms with Gasteiger partial charge in [-0.1, -0.05) is 11.3 Å². The summed E-state index contributed by atoms with van der Waals surface area (Å²) in [6.45, 7) is 0. The van der Waals surface area contributed by atoms with Gasteiger partial charge in [0.15, 0.2) is 0 Å². The minimum atomic E-state index is 0.576. The van der Waals surface area contributed by atoms with Gasteiger partial charge in [0.25, 0.3) is 0 Å². The van der Waals surface area contributed by atoms with Gasteiger partial charge in [-0.3, -0.25) is 4.98 Å². The molecule has 0 aromatic carbocycles. The first-order valence-electron chi connectivity index (χ1n) is 6.10. The molecule has 0 amide bonds. The molecule has 0 spiro atoms. The summed E-state index contributed by atoms with van der Waals surface area (Å²) in [5, 5.41) is 13.5. The van der Waals surface area contributed by atoms with Crippen molar-refractivity contribution in [2.75, 3.05) is 0 Å². The zero-order valence-electron chi connectivity index (χ0n) is 10.6. The second kappa shape index (κ2) is 4.91. The van der Waals surface area contributed by atoms with Gasteiger partial charge in [-0.15, -0.1) is 10.2 Å². The van der Waals surface area contributed by atoms with Crippen molar-refractivity contribution in [1.82, 2.24) is 29.8 Å². The Hall–Kier alpha value is -2.87. The molecule has 0 fully saturated rings. The van der Waals surface area contributed by atoms with E-state index in [1.54, 1.807) is 29.4 Å². The number of fused-ring (bicyclic) bond motifs is 1. The van der Waals surface area contributed by atoms with Crippen molar-refractivity contribution < 1.29 is 4.42 Å². The second-order valence-electron chi connectivity index (χ2n) is 4.10. The number of hydrogen-bond donors (Lipinski definition) is 0. The highest BCUT2D eigenvalue weighted by molar-refractivity contribution is 7.17. The summed E-state index contributed by atoms with van der Waals surface area (Å²) < 4.78 is 6.90. The largest absolute Gasteiger partial charge is 0.465 e. The highest BCUT2D eigenvalue weighted by Crippen LogP contribution is 2.20. The molecule has 0 saturated heterocycles. The van der Waals surface area contributed by atoms with E-state index in [0.717, 1.165) is 10.8 Å². The summed E-state index contributed by atoms with van der Waals surface area (Å²) in [5.74, 6) is 1.35. The Labute approximate surface area is 122 Å². The monoisotopic (exact) mass is 296 g/mol. The van der Waals surface area contributed by atoms with E-state index in [2.05, 4.69) is 25.3 Å². The number of rotatable bonds is 3. The van der Waals surface area contributed by atoms with Crippen LogP contribution in [0.2, 0.25) is 0 Å². The smallest absolute Gasteiger partial charge is 0.235 e. The lowest BCUT2D eigenvalue weighted by atomic mass is 10.4. The maximum Gasteiger partial charge on any atom is 0.235 e. The third-order valence-corrected chi connectivity index (χ3v) is 3.60. The Morgan fingerprint density at radius 2 is 2.19 bits per heavy atom. The molecular formula is C13H8N6OS. The van der Waals surface area contributed by atoms with Crippen molar-refractivity contribution >= 4 is 28.4 Å². The molecule has 0 aliphatic rings. The first-order chi connectivity index (χ1) is 10.4. The normalized spacial score (nSPS) is 11.6. The molecule has 21 heavy (non-hydrogen) atoms. The Balaban J connectivity index is 1.73. The quantitative estimate of drug-likeness (QED) is 0.577. The zero-order chi connectivity index (χ0) is 14.1. The molecule has 0 unspecified atom stereocenters. The Morgan fingerprint density at radius 3 is 3.00 bits per heavy atom. The molecular weight excluding hydrogens is 288 g/mol. The Bertz CT molecular complexity index is 893. The van der Waals surface area contributed by atoms with E-state index in [4.69, 9.17) is 4.42 Å². The number of aromatic nitrogens is 6. The Kier molecular flexibility index (Phi) is 2.79. The van der Waals surface area contributed by atoms with Crippen LogP contribution >= 0.6 is 11.3 Å². The van der Waals surface area contributed by atoms with Crippen LogP contribution in [0.3, 0.4) is 0 Å². The van der Waals surface area contributed by atoms with Crippen LogP contribution in [0.5, 0.6) is 0 Å². The third kappa shape index (κ3) is 2.21. The first kappa shape index (κ1) is 11.9. The minimum Gasteiger partial charge on any atom is -0.465 e. The van der Waals surface area contributed by atoms with Crippen LogP contribution in [0.15, 0.2) is 41.4 Å². The molecule has 0 aliphatic heterocycles. The van der Waals surface area contributed by atoms with E-state index in [9.17, 15) is 0 Å². The van der Waals surface area contributed by atoms with Gasteiger partial charge in [0, 0.05) is 12.4 Å². The van der Waals surface area contributed by atoms with Crippen LogP contribution in [0, 0.1) is 0 Å². The molecule has 0 atom stereocenters. The molecule has 4 aromatic rings. The molecule has 4 heterocycles. The SMILES string of the molecule is C(=Cc1nn2c(-c3cnccn3)nnc2s1)c1ccco1. The van der Waals surface area contributed by atoms with Crippen LogP contribution in [-0.4, -0.2) is 29.8 Å². The van der Waals surface area contributed by atoms with E-state index in [1.165, 1.54) is 11.3 Å². The maximum absolute atomic E-state index is 5.24. The Morgan fingerprint density at radius 1 is 1.19 bits per heavy atom. The van der Waals surface area contributed by atoms with Gasteiger partial charge in [-0.2, -0.15) is 9.61 Å². The van der Waals surface area contributed by atoms with Gasteiger partial charge in [-0.05, 0) is 24.3 Å². The van der Waals surface area contributed by atoms with E-state index in [-0.39, 0.29) is 0 Å². The lowest BCUT2D eigenvalue weighted by Crippen LogP contribution is -1.93. The fourth-order valence-electron chi connectivity index (χ4n) is 1.81. The second-order valence-corrected chi connectivity index (χ2v) is 5.09. The van der Waals surface area contributed by atoms with Gasteiger partial charge in [0.05, 0.1) is 12.5 Å². The predicted octanol–water partition coefficient (Wildman–Crippen LogP) is 2.41. The molecule has 0 N–H and O–H groups in total. The fourth-order valence-corrected chi connectivity index (χ4v) is 2.55. The van der Waals surface area contributed by atoms with Crippen molar-refractivity contribution in [3.8, 4) is 11.5 Å². The van der Waals surface area contributed by atoms with Gasteiger partial charge in [-0.25, -0.2) is 4.98 Å². The highest BCUT2D eigenvalue weighted by Gasteiger charge is 2.13. The minimum absolute atomic E-state index is 0.576. The maximum atomic E-state index is 5.24. The summed E-state index contributed by atoms with van der Waals surface area (Å²) >= 11 is 1.44. The van der Waals surface area contributed by atoms with Gasteiger partial charge in [0.1, 0.15) is 16.5 Å². The van der Waals surface area contributed by atoms with Crippen LogP contribution in [0.4, 0.5) is 0 Å². The molecule has 7 nitrogen and oxygen atoms in total. The average molecular weight is 296 g/mol. The molecule has 4 aromatic heterocycles. The summed E-state index contributed by atoms with van der Waals surface area (Å²) in [7, 11) is 0. The molecule has 8 heteroatoms. The van der Waals surface area contributed by atoms with E-state index >= 15 is 0 Å². The van der Waals surface area contributed by atoms with Crippen LogP contribution in [-0.2, 0) is 0 Å². The van der Waals surface area contributed by atoms with Gasteiger partial charge in [0.2, 0.25) is 10.8 Å². The topological polar surface area (TPSA) is 82.0 Å². The molecule has 0 saturated carbocycles. The summed E-state index contributed by atoms with van der Waals surface area (Å²) in [5.41, 5.74) is 0.636. The lowest BCUT2D eigenvalue weighted by Gasteiger charge is -1.93. The van der Waals surface area contributed by atoms with Gasteiger partial charge < -0.3 is 4.42 Å². The van der Waals surface area contributed by atoms with Crippen molar-refractivity contribution in [3.63, 3.8) is 0 Å². The van der Waals surface area contributed by atoms with Crippen molar-refractivity contribution in [1.29, 1.82) is 0 Å². The molecule has 0 radical (unpaired) electrons. The number of furan rings is 1. The highest BCUT2D eigenvalue weighted by atomic mass is 32.1. The average Bonchev–Trinajstić information content (AvgIpc) is 3.22. The molecule has 4 rings (SSSR count). The summed E-state index contributed by atoms with van der Waals surface area (Å²) in [4.78, 5) is 8.95. The van der Waals surface area contributed by atoms with Crippen LogP contribution < -0.4 is 0 Å². The molecule has 0 bridgehead atoms. The van der Waals surface area contributed by atoms with Gasteiger partial charge >= 0.3 is 0 Å². The predicted molar refractivity (Wildman–Crippen MR) is 77.3 cm³/mol. The summed E-state index contributed by atoms with van der Waals surface area (Å²) in [6.07, 6.45) is 10.2. The van der Waals surface area contributed by atoms with E-state index in [0.29, 0.717) is 16.5 Å². The van der Waals surface area contributed by atoms with Crippen molar-refractivity contribution in [2.24, 2.45) is 0 Å². The summed E-state index contributed by atoms with van der Waals surface area (Å²) in [6, 6.07) is 3.71. The van der Waals surface area contributed by atoms with Crippen molar-refractivity contribution in [2.45, 2.75) is 0 Å². The fraction of sp³-hybridized carbons (Fsp3) is 0. The van der Waals surface area contributed by atoms with E-state index < -0.39 is 0 Å². The molecule has 0 aliphatic carbocycles. The van der Waals surface area contributed by atoms with Crippen LogP contribution in [0.25, 0.3) is 28.6 Å². The third-order valence-electron chi connectivity index (χ3n) is 2.73. The standard InChI is InChI=1S/C13H8N6OS/c1-2-9(20-7-1)3-4-11-18-19-12(16-17-13(19)21-11)10-8-14-5-6-15-10/h1-8H. The first-order valence-corrected chi connectivity index (χ1v) is 6.92. The number of hydrogen-bond acceptors (Lipinski definition) is 7. The van der Waals surface area contributed by atoms with Crippen molar-refractivity contribution in [3.05, 3.63) is 47.8 Å². The lowest BCUT2D eigenvalue weighted by molar-refractivity contribution is 0.557. The zero-order valence-corrected chi connectivity index (χ0v) is 11.4. The molecule has 102 valence electrons.